The standard InChI is InChI=1S/C12H9N3O2/c1-2-10(16)17-12-14-8-13-11(15-12)9-6-4-3-5-7-9/h2-8H,1H2. The first-order chi connectivity index (χ1) is 8.29. The molecule has 0 bridgehead atoms. The van der Waals surface area contributed by atoms with Crippen molar-refractivity contribution >= 4 is 5.97 Å². The molecule has 0 aliphatic carbocycles. The van der Waals surface area contributed by atoms with Gasteiger partial charge >= 0.3 is 12.0 Å². The molecule has 0 saturated heterocycles. The molecular weight excluding hydrogens is 218 g/mol. The van der Waals surface area contributed by atoms with Gasteiger partial charge in [0.2, 0.25) is 0 Å². The third-order valence-corrected chi connectivity index (χ3v) is 1.94. The van der Waals surface area contributed by atoms with Crippen LogP contribution in [0.3, 0.4) is 0 Å². The highest BCUT2D eigenvalue weighted by molar-refractivity contribution is 5.82. The van der Waals surface area contributed by atoms with Gasteiger partial charge < -0.3 is 4.74 Å². The second-order valence-electron chi connectivity index (χ2n) is 3.08. The molecule has 0 aliphatic rings. The van der Waals surface area contributed by atoms with Crippen LogP contribution in [0.2, 0.25) is 0 Å². The second-order valence-corrected chi connectivity index (χ2v) is 3.08. The average molecular weight is 227 g/mol. The summed E-state index contributed by atoms with van der Waals surface area (Å²) in [5.41, 5.74) is 0.825. The van der Waals surface area contributed by atoms with Gasteiger partial charge in [-0.3, -0.25) is 0 Å². The van der Waals surface area contributed by atoms with Crippen molar-refractivity contribution < 1.29 is 9.53 Å². The highest BCUT2D eigenvalue weighted by Crippen LogP contribution is 2.14. The number of esters is 1. The molecule has 0 amide bonds. The number of nitrogens with zero attached hydrogens (tertiary/aromatic N) is 3. The Balaban J connectivity index is 2.29. The fourth-order valence-corrected chi connectivity index (χ4v) is 1.19. The van der Waals surface area contributed by atoms with Crippen LogP contribution >= 0.6 is 0 Å². The van der Waals surface area contributed by atoms with Crippen molar-refractivity contribution in [3.8, 4) is 17.4 Å². The average Bonchev–Trinajstić information content (AvgIpc) is 2.40. The minimum atomic E-state index is -0.602. The number of ether oxygens (including phenoxy) is 1. The number of hydrogen-bond donors (Lipinski definition) is 0. The van der Waals surface area contributed by atoms with E-state index in [9.17, 15) is 4.79 Å². The van der Waals surface area contributed by atoms with E-state index < -0.39 is 5.97 Å². The van der Waals surface area contributed by atoms with E-state index in [0.717, 1.165) is 11.6 Å². The third-order valence-electron chi connectivity index (χ3n) is 1.94. The van der Waals surface area contributed by atoms with Crippen molar-refractivity contribution in [2.45, 2.75) is 0 Å². The van der Waals surface area contributed by atoms with E-state index >= 15 is 0 Å². The lowest BCUT2D eigenvalue weighted by Gasteiger charge is -2.01. The van der Waals surface area contributed by atoms with Crippen LogP contribution in [-0.4, -0.2) is 20.9 Å². The van der Waals surface area contributed by atoms with Crippen molar-refractivity contribution in [1.82, 2.24) is 15.0 Å². The van der Waals surface area contributed by atoms with Crippen LogP contribution in [0, 0.1) is 0 Å². The smallest absolute Gasteiger partial charge is 0.337 e. The number of carbonyl (C=O) groups is 1. The Hall–Kier alpha value is -2.56. The van der Waals surface area contributed by atoms with Crippen LogP contribution in [-0.2, 0) is 4.79 Å². The molecule has 0 saturated carbocycles. The Kier molecular flexibility index (Phi) is 3.20. The van der Waals surface area contributed by atoms with Crippen molar-refractivity contribution in [2.24, 2.45) is 0 Å². The minimum absolute atomic E-state index is 0.0382. The van der Waals surface area contributed by atoms with Gasteiger partial charge in [-0.15, -0.1) is 0 Å². The third kappa shape index (κ3) is 2.72. The molecule has 2 aromatic rings. The summed E-state index contributed by atoms with van der Waals surface area (Å²) in [7, 11) is 0. The molecule has 1 heterocycles. The lowest BCUT2D eigenvalue weighted by molar-refractivity contribution is -0.129. The van der Waals surface area contributed by atoms with E-state index in [-0.39, 0.29) is 6.01 Å². The monoisotopic (exact) mass is 227 g/mol. The molecule has 1 aromatic heterocycles. The molecule has 17 heavy (non-hydrogen) atoms. The van der Waals surface area contributed by atoms with Crippen molar-refractivity contribution in [1.29, 1.82) is 0 Å². The lowest BCUT2D eigenvalue weighted by atomic mass is 10.2. The normalized spacial score (nSPS) is 9.65. The molecule has 5 heteroatoms. The summed E-state index contributed by atoms with van der Waals surface area (Å²) in [6.07, 6.45) is 2.34. The van der Waals surface area contributed by atoms with Crippen LogP contribution in [0.5, 0.6) is 6.01 Å². The molecule has 5 nitrogen and oxygen atoms in total. The largest absolute Gasteiger partial charge is 0.387 e. The summed E-state index contributed by atoms with van der Waals surface area (Å²) in [6.45, 7) is 3.29. The molecule has 0 radical (unpaired) electrons. The minimum Gasteiger partial charge on any atom is -0.387 e. The van der Waals surface area contributed by atoms with Crippen LogP contribution in [0.15, 0.2) is 49.3 Å². The van der Waals surface area contributed by atoms with Crippen LogP contribution in [0.4, 0.5) is 0 Å². The molecule has 1 aromatic carbocycles. The maximum atomic E-state index is 11.0. The molecule has 0 fully saturated rings. The maximum absolute atomic E-state index is 11.0. The first kappa shape index (κ1) is 10.9. The Morgan fingerprint density at radius 3 is 2.71 bits per heavy atom. The Bertz CT molecular complexity index is 540. The van der Waals surface area contributed by atoms with Crippen LogP contribution < -0.4 is 4.74 Å². The summed E-state index contributed by atoms with van der Waals surface area (Å²) in [4.78, 5) is 22.7. The van der Waals surface area contributed by atoms with E-state index in [1.165, 1.54) is 6.33 Å². The van der Waals surface area contributed by atoms with E-state index in [0.29, 0.717) is 5.82 Å². The number of carbonyl (C=O) groups excluding carboxylic acids is 1. The fraction of sp³-hybridized carbons (Fsp3) is 0. The van der Waals surface area contributed by atoms with Crippen LogP contribution in [0.25, 0.3) is 11.4 Å². The molecule has 0 atom stereocenters. The number of benzene rings is 1. The zero-order valence-corrected chi connectivity index (χ0v) is 8.91. The Morgan fingerprint density at radius 1 is 1.24 bits per heavy atom. The van der Waals surface area contributed by atoms with Gasteiger partial charge in [0.15, 0.2) is 5.82 Å². The van der Waals surface area contributed by atoms with Crippen LogP contribution in [0.1, 0.15) is 0 Å². The fourth-order valence-electron chi connectivity index (χ4n) is 1.19. The van der Waals surface area contributed by atoms with Crippen molar-refractivity contribution in [3.05, 3.63) is 49.3 Å². The van der Waals surface area contributed by atoms with Gasteiger partial charge in [0, 0.05) is 11.6 Å². The van der Waals surface area contributed by atoms with Gasteiger partial charge in [0.05, 0.1) is 0 Å². The van der Waals surface area contributed by atoms with Crippen molar-refractivity contribution in [3.63, 3.8) is 0 Å². The Morgan fingerprint density at radius 2 is 2.00 bits per heavy atom. The van der Waals surface area contributed by atoms with E-state index in [1.54, 1.807) is 0 Å². The van der Waals surface area contributed by atoms with E-state index in [2.05, 4.69) is 21.5 Å². The summed E-state index contributed by atoms with van der Waals surface area (Å²) >= 11 is 0. The summed E-state index contributed by atoms with van der Waals surface area (Å²) in [5, 5.41) is 0. The zero-order valence-electron chi connectivity index (χ0n) is 8.91. The summed E-state index contributed by atoms with van der Waals surface area (Å²) in [6, 6.07) is 9.30. The zero-order chi connectivity index (χ0) is 12.1. The molecule has 0 aliphatic heterocycles. The molecule has 0 unspecified atom stereocenters. The Labute approximate surface area is 97.8 Å². The molecule has 0 spiro atoms. The summed E-state index contributed by atoms with van der Waals surface area (Å²) in [5.74, 6) is -0.150. The van der Waals surface area contributed by atoms with Gasteiger partial charge in [0.1, 0.15) is 6.33 Å². The highest BCUT2D eigenvalue weighted by Gasteiger charge is 2.06. The summed E-state index contributed by atoms with van der Waals surface area (Å²) < 4.78 is 4.81. The maximum Gasteiger partial charge on any atom is 0.337 e. The first-order valence-electron chi connectivity index (χ1n) is 4.88. The first-order valence-corrected chi connectivity index (χ1v) is 4.88. The molecule has 0 N–H and O–H groups in total. The van der Waals surface area contributed by atoms with E-state index in [4.69, 9.17) is 4.74 Å². The quantitative estimate of drug-likeness (QED) is 0.589. The highest BCUT2D eigenvalue weighted by atomic mass is 16.5. The van der Waals surface area contributed by atoms with Gasteiger partial charge in [-0.2, -0.15) is 9.97 Å². The number of hydrogen-bond acceptors (Lipinski definition) is 5. The molecular formula is C12H9N3O2. The van der Waals surface area contributed by atoms with Crippen molar-refractivity contribution in [2.75, 3.05) is 0 Å². The number of rotatable bonds is 3. The lowest BCUT2D eigenvalue weighted by Crippen LogP contribution is -2.07. The molecule has 84 valence electrons. The SMILES string of the molecule is C=CC(=O)Oc1ncnc(-c2ccccc2)n1. The predicted molar refractivity (Wildman–Crippen MR) is 61.1 cm³/mol. The topological polar surface area (TPSA) is 65.0 Å². The van der Waals surface area contributed by atoms with E-state index in [1.807, 2.05) is 30.3 Å². The second kappa shape index (κ2) is 4.98. The van der Waals surface area contributed by atoms with Gasteiger partial charge in [-0.05, 0) is 0 Å². The van der Waals surface area contributed by atoms with Gasteiger partial charge in [0.25, 0.3) is 0 Å². The van der Waals surface area contributed by atoms with Gasteiger partial charge in [-0.25, -0.2) is 9.78 Å². The molecule has 2 rings (SSSR count). The number of aromatic nitrogens is 3. The predicted octanol–water partition coefficient (Wildman–Crippen LogP) is 1.63. The van der Waals surface area contributed by atoms with Gasteiger partial charge in [-0.1, -0.05) is 36.9 Å².